The fraction of sp³-hybridized carbons (Fsp3) is 0.846. The number of nitrogens with zero attached hydrogens (tertiary/aromatic N) is 1. The minimum absolute atomic E-state index is 0.146. The lowest BCUT2D eigenvalue weighted by Gasteiger charge is -2.36. The third-order valence-electron chi connectivity index (χ3n) is 3.90. The molecule has 2 unspecified atom stereocenters. The number of ether oxygens (including phenoxy) is 1. The Morgan fingerprint density at radius 1 is 1.35 bits per heavy atom. The third kappa shape index (κ3) is 2.61. The summed E-state index contributed by atoms with van der Waals surface area (Å²) in [5.41, 5.74) is 0. The molecular formula is C13H21NO3. The molecule has 17 heavy (non-hydrogen) atoms. The number of unbranched alkanes of at least 4 members (excludes halogenated alkanes) is 1. The Morgan fingerprint density at radius 2 is 2.00 bits per heavy atom. The Morgan fingerprint density at radius 3 is 2.53 bits per heavy atom. The minimum Gasteiger partial charge on any atom is -0.449 e. The van der Waals surface area contributed by atoms with E-state index in [0.29, 0.717) is 6.61 Å². The van der Waals surface area contributed by atoms with E-state index in [1.54, 1.807) is 0 Å². The van der Waals surface area contributed by atoms with Crippen LogP contribution in [0, 0.1) is 5.92 Å². The van der Waals surface area contributed by atoms with Gasteiger partial charge in [0.05, 0.1) is 6.61 Å². The van der Waals surface area contributed by atoms with Crippen LogP contribution < -0.4 is 0 Å². The lowest BCUT2D eigenvalue weighted by Crippen LogP contribution is -2.47. The van der Waals surface area contributed by atoms with Gasteiger partial charge in [0.15, 0.2) is 0 Å². The minimum atomic E-state index is -0.171. The molecule has 2 fully saturated rings. The molecular weight excluding hydrogens is 218 g/mol. The summed E-state index contributed by atoms with van der Waals surface area (Å²) in [6.07, 6.45) is 6.53. The van der Waals surface area contributed by atoms with E-state index in [0.717, 1.165) is 44.8 Å². The summed E-state index contributed by atoms with van der Waals surface area (Å²) in [6.45, 7) is 2.59. The topological polar surface area (TPSA) is 46.6 Å². The zero-order valence-electron chi connectivity index (χ0n) is 10.4. The summed E-state index contributed by atoms with van der Waals surface area (Å²) in [5, 5.41) is 0. The highest BCUT2D eigenvalue weighted by Gasteiger charge is 2.43. The van der Waals surface area contributed by atoms with Crippen molar-refractivity contribution >= 4 is 12.4 Å². The summed E-state index contributed by atoms with van der Waals surface area (Å²) in [5.74, 6) is 0.146. The molecule has 0 aromatic heterocycles. The fourth-order valence-corrected chi connectivity index (χ4v) is 3.01. The second kappa shape index (κ2) is 5.52. The molecule has 2 rings (SSSR count). The molecule has 0 saturated carbocycles. The van der Waals surface area contributed by atoms with E-state index in [1.807, 2.05) is 4.90 Å². The number of fused-ring (bicyclic) bond motifs is 2. The first kappa shape index (κ1) is 12.4. The number of rotatable bonds is 4. The maximum Gasteiger partial charge on any atom is 0.410 e. The van der Waals surface area contributed by atoms with Crippen LogP contribution in [0.4, 0.5) is 4.79 Å². The second-order valence-electron chi connectivity index (χ2n) is 5.13. The smallest absolute Gasteiger partial charge is 0.410 e. The molecule has 2 aliphatic heterocycles. The molecule has 0 aromatic carbocycles. The Bertz CT molecular complexity index is 278. The molecule has 2 aliphatic rings. The fourth-order valence-electron chi connectivity index (χ4n) is 3.01. The van der Waals surface area contributed by atoms with Crippen LogP contribution in [0.1, 0.15) is 45.4 Å². The zero-order chi connectivity index (χ0) is 12.3. The highest BCUT2D eigenvalue weighted by molar-refractivity contribution is 5.69. The van der Waals surface area contributed by atoms with E-state index in [4.69, 9.17) is 4.74 Å². The third-order valence-corrected chi connectivity index (χ3v) is 3.90. The molecule has 0 aliphatic carbocycles. The molecule has 2 heterocycles. The van der Waals surface area contributed by atoms with Crippen LogP contribution in [0.15, 0.2) is 0 Å². The highest BCUT2D eigenvalue weighted by atomic mass is 16.6. The summed E-state index contributed by atoms with van der Waals surface area (Å²) < 4.78 is 5.27. The van der Waals surface area contributed by atoms with E-state index in [1.165, 1.54) is 0 Å². The van der Waals surface area contributed by atoms with E-state index in [2.05, 4.69) is 6.92 Å². The van der Waals surface area contributed by atoms with Gasteiger partial charge in [-0.25, -0.2) is 4.79 Å². The number of hydrogen-bond donors (Lipinski definition) is 0. The number of aldehydes is 1. The van der Waals surface area contributed by atoms with Crippen molar-refractivity contribution in [1.29, 1.82) is 0 Å². The van der Waals surface area contributed by atoms with Crippen molar-refractivity contribution in [2.45, 2.75) is 57.5 Å². The number of carbonyl (C=O) groups is 2. The van der Waals surface area contributed by atoms with Gasteiger partial charge in [-0.1, -0.05) is 13.3 Å². The van der Waals surface area contributed by atoms with E-state index < -0.39 is 0 Å². The summed E-state index contributed by atoms with van der Waals surface area (Å²) >= 11 is 0. The lowest BCUT2D eigenvalue weighted by molar-refractivity contribution is -0.113. The molecule has 0 spiro atoms. The Labute approximate surface area is 102 Å². The summed E-state index contributed by atoms with van der Waals surface area (Å²) in [7, 11) is 0. The van der Waals surface area contributed by atoms with Crippen LogP contribution in [-0.4, -0.2) is 36.0 Å². The molecule has 4 nitrogen and oxygen atoms in total. The van der Waals surface area contributed by atoms with Gasteiger partial charge in [-0.3, -0.25) is 0 Å². The van der Waals surface area contributed by atoms with Crippen molar-refractivity contribution in [3.8, 4) is 0 Å². The highest BCUT2D eigenvalue weighted by Crippen LogP contribution is 2.38. The van der Waals surface area contributed by atoms with Gasteiger partial charge in [0.2, 0.25) is 0 Å². The molecule has 0 N–H and O–H groups in total. The Kier molecular flexibility index (Phi) is 4.02. The first-order chi connectivity index (χ1) is 8.26. The number of amides is 1. The quantitative estimate of drug-likeness (QED) is 0.559. The van der Waals surface area contributed by atoms with Crippen molar-refractivity contribution in [1.82, 2.24) is 4.90 Å². The zero-order valence-corrected chi connectivity index (χ0v) is 10.4. The van der Waals surface area contributed by atoms with Crippen LogP contribution in [0.3, 0.4) is 0 Å². The molecule has 96 valence electrons. The number of carbonyl (C=O) groups excluding carboxylic acids is 2. The number of piperidine rings is 1. The van der Waals surface area contributed by atoms with E-state index in [9.17, 15) is 9.59 Å². The summed E-state index contributed by atoms with van der Waals surface area (Å²) in [4.78, 5) is 24.7. The predicted octanol–water partition coefficient (Wildman–Crippen LogP) is 2.37. The second-order valence-corrected chi connectivity index (χ2v) is 5.13. The van der Waals surface area contributed by atoms with Crippen molar-refractivity contribution in [2.24, 2.45) is 5.92 Å². The van der Waals surface area contributed by atoms with Crippen LogP contribution in [0.25, 0.3) is 0 Å². The van der Waals surface area contributed by atoms with Gasteiger partial charge < -0.3 is 14.4 Å². The Balaban J connectivity index is 1.89. The lowest BCUT2D eigenvalue weighted by atomic mass is 9.92. The van der Waals surface area contributed by atoms with Crippen LogP contribution in [0.5, 0.6) is 0 Å². The van der Waals surface area contributed by atoms with Crippen molar-refractivity contribution in [3.63, 3.8) is 0 Å². The maximum absolute atomic E-state index is 11.9. The first-order valence-corrected chi connectivity index (χ1v) is 6.66. The van der Waals surface area contributed by atoms with Crippen LogP contribution in [0.2, 0.25) is 0 Å². The van der Waals surface area contributed by atoms with Gasteiger partial charge in [-0.15, -0.1) is 0 Å². The molecule has 2 bridgehead atoms. The normalized spacial score (nSPS) is 31.4. The van der Waals surface area contributed by atoms with Gasteiger partial charge in [0.1, 0.15) is 6.29 Å². The van der Waals surface area contributed by atoms with Crippen molar-refractivity contribution in [3.05, 3.63) is 0 Å². The average Bonchev–Trinajstić information content (AvgIpc) is 2.60. The van der Waals surface area contributed by atoms with Gasteiger partial charge in [-0.2, -0.15) is 0 Å². The van der Waals surface area contributed by atoms with Gasteiger partial charge in [0.25, 0.3) is 0 Å². The average molecular weight is 239 g/mol. The van der Waals surface area contributed by atoms with Crippen molar-refractivity contribution in [2.75, 3.05) is 6.61 Å². The number of hydrogen-bond acceptors (Lipinski definition) is 3. The summed E-state index contributed by atoms with van der Waals surface area (Å²) in [6, 6.07) is 0.469. The Hall–Kier alpha value is -1.06. The molecule has 0 aromatic rings. The van der Waals surface area contributed by atoms with Crippen molar-refractivity contribution < 1.29 is 14.3 Å². The van der Waals surface area contributed by atoms with Crippen LogP contribution >= 0.6 is 0 Å². The monoisotopic (exact) mass is 239 g/mol. The molecule has 2 atom stereocenters. The van der Waals surface area contributed by atoms with Gasteiger partial charge in [-0.05, 0) is 32.1 Å². The molecule has 4 heteroatoms. The molecule has 1 amide bonds. The first-order valence-electron chi connectivity index (χ1n) is 6.66. The van der Waals surface area contributed by atoms with E-state index in [-0.39, 0.29) is 24.1 Å². The molecule has 2 saturated heterocycles. The molecule has 0 radical (unpaired) electrons. The standard InChI is InChI=1S/C13H21NO3/c1-2-3-6-17-13(16)14-11-4-5-12(14)8-10(7-11)9-15/h9-12H,2-8H2,1H3. The SMILES string of the molecule is CCCCOC(=O)N1C2CCC1CC(C=O)C2. The predicted molar refractivity (Wildman–Crippen MR) is 63.7 cm³/mol. The van der Waals surface area contributed by atoms with Gasteiger partial charge in [0, 0.05) is 18.0 Å². The maximum atomic E-state index is 11.9. The van der Waals surface area contributed by atoms with Gasteiger partial charge >= 0.3 is 6.09 Å². The van der Waals surface area contributed by atoms with Crippen LogP contribution in [-0.2, 0) is 9.53 Å². The van der Waals surface area contributed by atoms with E-state index >= 15 is 0 Å². The largest absolute Gasteiger partial charge is 0.449 e.